The van der Waals surface area contributed by atoms with Crippen LogP contribution < -0.4 is 9.80 Å². The van der Waals surface area contributed by atoms with Crippen LogP contribution in [-0.4, -0.2) is 34.8 Å². The lowest BCUT2D eigenvalue weighted by Crippen LogP contribution is -2.90. The molecule has 8 nitrogen and oxygen atoms in total. The molecule has 178 valence electrons. The van der Waals surface area contributed by atoms with Crippen LogP contribution in [0, 0.1) is 0 Å². The van der Waals surface area contributed by atoms with Crippen molar-refractivity contribution in [1.82, 2.24) is 0 Å². The van der Waals surface area contributed by atoms with E-state index in [9.17, 15) is 14.4 Å². The molecule has 8 heteroatoms. The SMILES string of the molecule is CC(=O)N1C(=O)[C@@]2(O[C@]34OC5(CCC5)C5(CC5)OC32c2ccccc2N4C(C)=O)c2ccccc21. The summed E-state index contributed by atoms with van der Waals surface area (Å²) >= 11 is 0. The number of carbonyl (C=O) groups is 3. The second-order valence-electron chi connectivity index (χ2n) is 10.6. The fourth-order valence-electron chi connectivity index (χ4n) is 7.49. The molecule has 2 aliphatic carbocycles. The van der Waals surface area contributed by atoms with E-state index in [4.69, 9.17) is 14.2 Å². The Bertz CT molecular complexity index is 1400. The topological polar surface area (TPSA) is 85.4 Å². The molecule has 4 heterocycles. The summed E-state index contributed by atoms with van der Waals surface area (Å²) in [5.74, 6) is -2.81. The molecular formula is C27H24N2O6. The van der Waals surface area contributed by atoms with Crippen LogP contribution >= 0.6 is 0 Å². The van der Waals surface area contributed by atoms with Crippen LogP contribution in [0.3, 0.4) is 0 Å². The van der Waals surface area contributed by atoms with Crippen LogP contribution in [0.25, 0.3) is 0 Å². The molecule has 3 atom stereocenters. The summed E-state index contributed by atoms with van der Waals surface area (Å²) in [5.41, 5.74) is -1.90. The second kappa shape index (κ2) is 5.67. The molecule has 2 aromatic rings. The number of imide groups is 1. The summed E-state index contributed by atoms with van der Waals surface area (Å²) in [4.78, 5) is 42.9. The van der Waals surface area contributed by atoms with Gasteiger partial charge in [0, 0.05) is 25.0 Å². The van der Waals surface area contributed by atoms with E-state index in [1.165, 1.54) is 23.6 Å². The summed E-state index contributed by atoms with van der Waals surface area (Å²) in [7, 11) is 0. The van der Waals surface area contributed by atoms with Gasteiger partial charge in [-0.15, -0.1) is 0 Å². The van der Waals surface area contributed by atoms with Gasteiger partial charge < -0.3 is 14.2 Å². The lowest BCUT2D eigenvalue weighted by Gasteiger charge is -2.72. The molecule has 2 saturated heterocycles. The fourth-order valence-corrected chi connectivity index (χ4v) is 7.49. The van der Waals surface area contributed by atoms with Gasteiger partial charge >= 0.3 is 0 Å². The van der Waals surface area contributed by atoms with Crippen molar-refractivity contribution < 1.29 is 28.6 Å². The maximum absolute atomic E-state index is 14.3. The average molecular weight is 472 g/mol. The van der Waals surface area contributed by atoms with Crippen molar-refractivity contribution in [3.8, 4) is 0 Å². The summed E-state index contributed by atoms with van der Waals surface area (Å²) in [6, 6.07) is 14.6. The number of amides is 3. The Morgan fingerprint density at radius 1 is 0.771 bits per heavy atom. The number of hydrogen-bond acceptors (Lipinski definition) is 6. The third-order valence-corrected chi connectivity index (χ3v) is 9.09. The summed E-state index contributed by atoms with van der Waals surface area (Å²) in [6.45, 7) is 2.84. The molecule has 2 saturated carbocycles. The Kier molecular flexibility index (Phi) is 3.26. The molecule has 8 rings (SSSR count). The smallest absolute Gasteiger partial charge is 0.299 e. The highest BCUT2D eigenvalue weighted by Crippen LogP contribution is 2.81. The van der Waals surface area contributed by atoms with E-state index in [1.807, 2.05) is 36.4 Å². The zero-order valence-electron chi connectivity index (χ0n) is 19.5. The molecule has 1 unspecified atom stereocenters. The van der Waals surface area contributed by atoms with Gasteiger partial charge in [0.05, 0.1) is 17.0 Å². The van der Waals surface area contributed by atoms with E-state index in [0.29, 0.717) is 22.5 Å². The van der Waals surface area contributed by atoms with Gasteiger partial charge in [-0.1, -0.05) is 36.4 Å². The standard InChI is InChI=1S/C27H24N2O6/c1-16(30)28-20-10-5-3-8-18(20)25(22(28)32)26-19-9-4-6-11-21(19)29(17(2)31)27(26,35-25)34-23(12-7-13-23)24(33-26)14-15-24/h3-6,8-11H,7,12-15H2,1-2H3/t25-,26?,27+/m0/s1. The number of benzene rings is 2. The first-order valence-electron chi connectivity index (χ1n) is 12.2. The van der Waals surface area contributed by atoms with Crippen molar-refractivity contribution in [3.63, 3.8) is 0 Å². The summed E-state index contributed by atoms with van der Waals surface area (Å²) < 4.78 is 21.0. The molecule has 0 aromatic heterocycles. The van der Waals surface area contributed by atoms with E-state index < -0.39 is 40.1 Å². The fraction of sp³-hybridized carbons (Fsp3) is 0.444. The first-order valence-corrected chi connectivity index (χ1v) is 12.2. The largest absolute Gasteiger partial charge is 0.349 e. The highest BCUT2D eigenvalue weighted by molar-refractivity contribution is 6.23. The molecule has 2 aromatic carbocycles. The van der Waals surface area contributed by atoms with Gasteiger partial charge in [0.15, 0.2) is 0 Å². The number of nitrogens with zero attached hydrogens (tertiary/aromatic N) is 2. The molecule has 4 aliphatic heterocycles. The lowest BCUT2D eigenvalue weighted by molar-refractivity contribution is -0.556. The maximum Gasteiger partial charge on any atom is 0.299 e. The minimum Gasteiger partial charge on any atom is -0.349 e. The van der Waals surface area contributed by atoms with Gasteiger partial charge in [0.25, 0.3) is 11.8 Å². The molecule has 0 radical (unpaired) electrons. The van der Waals surface area contributed by atoms with Crippen molar-refractivity contribution in [1.29, 1.82) is 0 Å². The Morgan fingerprint density at radius 2 is 1.40 bits per heavy atom. The molecule has 6 aliphatic rings. The van der Waals surface area contributed by atoms with Gasteiger partial charge in [-0.05, 0) is 44.2 Å². The van der Waals surface area contributed by atoms with E-state index in [2.05, 4.69) is 0 Å². The first kappa shape index (κ1) is 20.2. The third kappa shape index (κ3) is 1.77. The van der Waals surface area contributed by atoms with Gasteiger partial charge in [0.1, 0.15) is 5.60 Å². The van der Waals surface area contributed by atoms with Crippen LogP contribution in [0.2, 0.25) is 0 Å². The highest BCUT2D eigenvalue weighted by atomic mass is 16.8. The highest BCUT2D eigenvalue weighted by Gasteiger charge is 2.96. The Morgan fingerprint density at radius 3 is 2.00 bits per heavy atom. The molecule has 35 heavy (non-hydrogen) atoms. The maximum atomic E-state index is 14.3. The first-order chi connectivity index (χ1) is 16.8. The molecule has 0 bridgehead atoms. The van der Waals surface area contributed by atoms with Crippen LogP contribution in [0.15, 0.2) is 48.5 Å². The Hall–Kier alpha value is -3.07. The number of anilines is 2. The molecule has 0 N–H and O–H groups in total. The van der Waals surface area contributed by atoms with Crippen molar-refractivity contribution in [3.05, 3.63) is 59.7 Å². The van der Waals surface area contributed by atoms with E-state index in [0.717, 1.165) is 32.1 Å². The average Bonchev–Trinajstić information content (AvgIpc) is 3.47. The van der Waals surface area contributed by atoms with E-state index in [1.54, 1.807) is 12.1 Å². The number of fused-ring (bicyclic) bond motifs is 4. The number of ether oxygens (including phenoxy) is 3. The lowest BCUT2D eigenvalue weighted by atomic mass is 9.63. The molecule has 3 amide bonds. The number of carbonyl (C=O) groups excluding carboxylic acids is 3. The number of rotatable bonds is 0. The zero-order chi connectivity index (χ0) is 24.0. The molecule has 4 fully saturated rings. The van der Waals surface area contributed by atoms with Crippen molar-refractivity contribution in [2.75, 3.05) is 9.80 Å². The van der Waals surface area contributed by atoms with Crippen molar-refractivity contribution in [2.24, 2.45) is 0 Å². The predicted molar refractivity (Wildman–Crippen MR) is 122 cm³/mol. The third-order valence-electron chi connectivity index (χ3n) is 9.09. The Labute approximate surface area is 201 Å². The van der Waals surface area contributed by atoms with Crippen LogP contribution in [0.5, 0.6) is 0 Å². The summed E-state index contributed by atoms with van der Waals surface area (Å²) in [5, 5.41) is 0. The monoisotopic (exact) mass is 472 g/mol. The van der Waals surface area contributed by atoms with E-state index >= 15 is 0 Å². The quantitative estimate of drug-likeness (QED) is 0.585. The number of para-hydroxylation sites is 2. The molecule has 3 spiro atoms. The Balaban J connectivity index is 1.47. The van der Waals surface area contributed by atoms with Crippen LogP contribution in [0.1, 0.15) is 57.1 Å². The van der Waals surface area contributed by atoms with Gasteiger partial charge in [-0.3, -0.25) is 19.3 Å². The van der Waals surface area contributed by atoms with Gasteiger partial charge in [-0.25, -0.2) is 4.90 Å². The normalized spacial score (nSPS) is 35.8. The minimum absolute atomic E-state index is 0.263. The zero-order valence-corrected chi connectivity index (χ0v) is 19.5. The summed E-state index contributed by atoms with van der Waals surface area (Å²) in [6.07, 6.45) is 4.26. The second-order valence-corrected chi connectivity index (χ2v) is 10.6. The van der Waals surface area contributed by atoms with Gasteiger partial charge in [-0.2, -0.15) is 0 Å². The molecular weight excluding hydrogens is 448 g/mol. The van der Waals surface area contributed by atoms with Gasteiger partial charge in [0.2, 0.25) is 23.0 Å². The van der Waals surface area contributed by atoms with Crippen LogP contribution in [-0.2, 0) is 39.8 Å². The number of hydrogen-bond donors (Lipinski definition) is 0. The van der Waals surface area contributed by atoms with Crippen LogP contribution in [0.4, 0.5) is 11.4 Å². The predicted octanol–water partition coefficient (Wildman–Crippen LogP) is 3.22. The van der Waals surface area contributed by atoms with Crippen molar-refractivity contribution in [2.45, 2.75) is 74.3 Å². The van der Waals surface area contributed by atoms with E-state index in [-0.39, 0.29) is 5.91 Å². The van der Waals surface area contributed by atoms with Crippen molar-refractivity contribution >= 4 is 29.1 Å². The minimum atomic E-state index is -1.66.